The van der Waals surface area contributed by atoms with E-state index in [0.717, 1.165) is 64.5 Å². The monoisotopic (exact) mass is 577 g/mol. The summed E-state index contributed by atoms with van der Waals surface area (Å²) in [6, 6.07) is 19.4. The molecule has 0 bridgehead atoms. The van der Waals surface area contributed by atoms with E-state index in [4.69, 9.17) is 14.5 Å². The van der Waals surface area contributed by atoms with Crippen molar-refractivity contribution in [1.82, 2.24) is 10.6 Å². The Morgan fingerprint density at radius 2 is 1.47 bits per heavy atom. The van der Waals surface area contributed by atoms with Gasteiger partial charge in [-0.3, -0.25) is 4.99 Å². The van der Waals surface area contributed by atoms with Gasteiger partial charge in [-0.2, -0.15) is 0 Å². The number of hydrogen-bond acceptors (Lipinski definition) is 3. The van der Waals surface area contributed by atoms with Gasteiger partial charge < -0.3 is 20.1 Å². The number of aliphatic imine (C=N–C) groups is 1. The third kappa shape index (κ3) is 7.43. The SMILES string of the molecule is CCNC(=NCC1CCCOC1c1ccccc1)NCC1CCCOC1c1ccc(C)cc1.I. The van der Waals surface area contributed by atoms with E-state index in [9.17, 15) is 0 Å². The quantitative estimate of drug-likeness (QED) is 0.248. The molecule has 2 aliphatic heterocycles. The average molecular weight is 578 g/mol. The minimum atomic E-state index is 0. The highest BCUT2D eigenvalue weighted by molar-refractivity contribution is 14.0. The molecule has 34 heavy (non-hydrogen) atoms. The zero-order chi connectivity index (χ0) is 22.9. The average Bonchev–Trinajstić information content (AvgIpc) is 2.87. The lowest BCUT2D eigenvalue weighted by atomic mass is 9.89. The van der Waals surface area contributed by atoms with Crippen molar-refractivity contribution in [3.8, 4) is 0 Å². The number of benzene rings is 2. The largest absolute Gasteiger partial charge is 0.373 e. The first-order valence-corrected chi connectivity index (χ1v) is 12.6. The van der Waals surface area contributed by atoms with E-state index < -0.39 is 0 Å². The lowest BCUT2D eigenvalue weighted by Crippen LogP contribution is -2.42. The van der Waals surface area contributed by atoms with Gasteiger partial charge in [0.2, 0.25) is 0 Å². The summed E-state index contributed by atoms with van der Waals surface area (Å²) in [7, 11) is 0. The molecule has 2 heterocycles. The Hall–Kier alpha value is -1.64. The van der Waals surface area contributed by atoms with E-state index in [-0.39, 0.29) is 36.2 Å². The third-order valence-electron chi connectivity index (χ3n) is 6.78. The summed E-state index contributed by atoms with van der Waals surface area (Å²) < 4.78 is 12.4. The number of nitrogens with one attached hydrogen (secondary N) is 2. The number of nitrogens with zero attached hydrogens (tertiary/aromatic N) is 1. The molecule has 4 rings (SSSR count). The Balaban J connectivity index is 0.00000324. The van der Waals surface area contributed by atoms with Crippen molar-refractivity contribution in [1.29, 1.82) is 0 Å². The van der Waals surface area contributed by atoms with Crippen molar-refractivity contribution in [2.24, 2.45) is 16.8 Å². The van der Waals surface area contributed by atoms with Crippen LogP contribution in [-0.2, 0) is 9.47 Å². The van der Waals surface area contributed by atoms with Crippen LogP contribution in [-0.4, -0.2) is 38.8 Å². The molecular formula is C28H40IN3O2. The second-order valence-corrected chi connectivity index (χ2v) is 9.31. The molecule has 186 valence electrons. The van der Waals surface area contributed by atoms with Gasteiger partial charge in [-0.15, -0.1) is 24.0 Å². The summed E-state index contributed by atoms with van der Waals surface area (Å²) in [5, 5.41) is 7.05. The van der Waals surface area contributed by atoms with Crippen molar-refractivity contribution < 1.29 is 9.47 Å². The van der Waals surface area contributed by atoms with Gasteiger partial charge in [-0.1, -0.05) is 60.2 Å². The van der Waals surface area contributed by atoms with Gasteiger partial charge in [0.15, 0.2) is 5.96 Å². The molecule has 2 N–H and O–H groups in total. The van der Waals surface area contributed by atoms with Crippen LogP contribution < -0.4 is 10.6 Å². The fourth-order valence-corrected chi connectivity index (χ4v) is 5.00. The van der Waals surface area contributed by atoms with Crippen molar-refractivity contribution >= 4 is 29.9 Å². The molecule has 4 unspecified atom stereocenters. The first-order chi connectivity index (χ1) is 16.2. The standard InChI is InChI=1S/C28H39N3O2.HI/c1-3-29-28(30-19-24-11-7-17-32-26(24)22-9-5-4-6-10-22)31-20-25-12-8-18-33-27(25)23-15-13-21(2)14-16-23;/h4-6,9-10,13-16,24-27H,3,7-8,11-12,17-20H2,1-2H3,(H2,29,30,31);1H. The molecule has 0 radical (unpaired) electrons. The van der Waals surface area contributed by atoms with Crippen LogP contribution in [0.25, 0.3) is 0 Å². The first kappa shape index (κ1) is 27.0. The number of ether oxygens (including phenoxy) is 2. The first-order valence-electron chi connectivity index (χ1n) is 12.6. The van der Waals surface area contributed by atoms with Gasteiger partial charge in [0.05, 0.1) is 12.2 Å². The molecule has 5 nitrogen and oxygen atoms in total. The smallest absolute Gasteiger partial charge is 0.191 e. The second kappa shape index (κ2) is 14.0. The Labute approximate surface area is 222 Å². The van der Waals surface area contributed by atoms with Crippen LogP contribution in [0.2, 0.25) is 0 Å². The van der Waals surface area contributed by atoms with Crippen LogP contribution in [0.15, 0.2) is 59.6 Å². The maximum atomic E-state index is 6.21. The summed E-state index contributed by atoms with van der Waals surface area (Å²) in [6.07, 6.45) is 4.80. The molecule has 0 aromatic heterocycles. The summed E-state index contributed by atoms with van der Waals surface area (Å²) in [5.74, 6) is 1.72. The van der Waals surface area contributed by atoms with Gasteiger partial charge >= 0.3 is 0 Å². The van der Waals surface area contributed by atoms with Gasteiger partial charge in [0.1, 0.15) is 0 Å². The van der Waals surface area contributed by atoms with E-state index in [1.54, 1.807) is 0 Å². The zero-order valence-corrected chi connectivity index (χ0v) is 22.9. The van der Waals surface area contributed by atoms with Crippen LogP contribution in [0.5, 0.6) is 0 Å². The molecule has 0 spiro atoms. The predicted molar refractivity (Wildman–Crippen MR) is 150 cm³/mol. The van der Waals surface area contributed by atoms with Crippen LogP contribution in [0.4, 0.5) is 0 Å². The third-order valence-corrected chi connectivity index (χ3v) is 6.78. The van der Waals surface area contributed by atoms with Gasteiger partial charge in [0, 0.05) is 44.7 Å². The molecule has 4 atom stereocenters. The lowest BCUT2D eigenvalue weighted by Gasteiger charge is -2.33. The van der Waals surface area contributed by atoms with E-state index in [1.165, 1.54) is 16.7 Å². The topological polar surface area (TPSA) is 54.9 Å². The predicted octanol–water partition coefficient (Wildman–Crippen LogP) is 5.80. The fraction of sp³-hybridized carbons (Fsp3) is 0.536. The Kier molecular flexibility index (Phi) is 11.1. The number of guanidine groups is 1. The molecular weight excluding hydrogens is 537 g/mol. The van der Waals surface area contributed by atoms with Gasteiger partial charge in [-0.25, -0.2) is 0 Å². The highest BCUT2D eigenvalue weighted by atomic mass is 127. The molecule has 2 aromatic rings. The number of aryl methyl sites for hydroxylation is 1. The molecule has 2 fully saturated rings. The van der Waals surface area contributed by atoms with Crippen LogP contribution >= 0.6 is 24.0 Å². The lowest BCUT2D eigenvalue weighted by molar-refractivity contribution is -0.0267. The molecule has 2 saturated heterocycles. The zero-order valence-electron chi connectivity index (χ0n) is 20.5. The summed E-state index contributed by atoms with van der Waals surface area (Å²) in [4.78, 5) is 4.98. The molecule has 0 amide bonds. The summed E-state index contributed by atoms with van der Waals surface area (Å²) in [5.41, 5.74) is 3.82. The van der Waals surface area contributed by atoms with E-state index in [1.807, 2.05) is 0 Å². The maximum Gasteiger partial charge on any atom is 0.191 e. The highest BCUT2D eigenvalue weighted by Gasteiger charge is 2.29. The normalized spacial score (nSPS) is 25.3. The van der Waals surface area contributed by atoms with Crippen molar-refractivity contribution in [2.75, 3.05) is 32.8 Å². The number of halogens is 1. The van der Waals surface area contributed by atoms with Crippen LogP contribution in [0.1, 0.15) is 61.5 Å². The number of rotatable bonds is 7. The maximum absolute atomic E-state index is 6.21. The Morgan fingerprint density at radius 1 is 0.853 bits per heavy atom. The van der Waals surface area contributed by atoms with Crippen molar-refractivity contribution in [3.63, 3.8) is 0 Å². The van der Waals surface area contributed by atoms with Crippen LogP contribution in [0.3, 0.4) is 0 Å². The summed E-state index contributed by atoms with van der Waals surface area (Å²) in [6.45, 7) is 8.38. The molecule has 0 saturated carbocycles. The minimum Gasteiger partial charge on any atom is -0.373 e. The van der Waals surface area contributed by atoms with Gasteiger partial charge in [-0.05, 0) is 50.7 Å². The fourth-order valence-electron chi connectivity index (χ4n) is 5.00. The number of hydrogen-bond donors (Lipinski definition) is 2. The Bertz CT molecular complexity index is 875. The minimum absolute atomic E-state index is 0. The van der Waals surface area contributed by atoms with Crippen LogP contribution in [0, 0.1) is 18.8 Å². The molecule has 2 aliphatic rings. The van der Waals surface area contributed by atoms with E-state index >= 15 is 0 Å². The second-order valence-electron chi connectivity index (χ2n) is 9.31. The highest BCUT2D eigenvalue weighted by Crippen LogP contribution is 2.34. The van der Waals surface area contributed by atoms with Crippen molar-refractivity contribution in [2.45, 2.75) is 51.7 Å². The molecule has 0 aliphatic carbocycles. The molecule has 6 heteroatoms. The van der Waals surface area contributed by atoms with Crippen molar-refractivity contribution in [3.05, 3.63) is 71.3 Å². The molecule has 2 aromatic carbocycles. The Morgan fingerprint density at radius 3 is 2.15 bits per heavy atom. The van der Waals surface area contributed by atoms with Gasteiger partial charge in [0.25, 0.3) is 0 Å². The van der Waals surface area contributed by atoms with E-state index in [0.29, 0.717) is 11.8 Å². The van der Waals surface area contributed by atoms with E-state index in [2.05, 4.69) is 79.1 Å². The summed E-state index contributed by atoms with van der Waals surface area (Å²) >= 11 is 0.